The van der Waals surface area contributed by atoms with Gasteiger partial charge in [-0.25, -0.2) is 4.57 Å². The zero-order valence-electron chi connectivity index (χ0n) is 24.8. The number of nitrogens with one attached hydrogen (secondary N) is 1. The van der Waals surface area contributed by atoms with Crippen molar-refractivity contribution in [2.24, 2.45) is 0 Å². The number of unbranched alkanes of at least 4 members (excludes halogenated alkanes) is 13. The molecule has 37 heavy (non-hydrogen) atoms. The summed E-state index contributed by atoms with van der Waals surface area (Å²) in [4.78, 5) is 22.4. The molecule has 2 N–H and O–H groups in total. The van der Waals surface area contributed by atoms with E-state index in [4.69, 9.17) is 13.8 Å². The van der Waals surface area contributed by atoms with E-state index in [0.29, 0.717) is 24.1 Å². The number of rotatable bonds is 27. The Morgan fingerprint density at radius 2 is 1.30 bits per heavy atom. The molecule has 0 saturated heterocycles. The minimum atomic E-state index is -4.18. The molecule has 0 aromatic heterocycles. The molecule has 0 aliphatic carbocycles. The second kappa shape index (κ2) is 23.4. The third-order valence-corrected chi connectivity index (χ3v) is 7.31. The van der Waals surface area contributed by atoms with Gasteiger partial charge in [-0.15, -0.1) is 0 Å². The Kier molecular flexibility index (Phi) is 23.1. The van der Waals surface area contributed by atoms with Gasteiger partial charge >= 0.3 is 7.82 Å². The Bertz CT molecular complexity index is 586. The van der Waals surface area contributed by atoms with Gasteiger partial charge in [0.25, 0.3) is 0 Å². The number of likely N-dealkylation sites (N-methyl/N-ethyl adjacent to an activating group) is 1. The molecule has 8 nitrogen and oxygen atoms in total. The first-order valence-electron chi connectivity index (χ1n) is 14.9. The number of nitrogens with zero attached hydrogens (tertiary/aromatic N) is 1. The van der Waals surface area contributed by atoms with Crippen LogP contribution in [0, 0.1) is 0 Å². The molecule has 0 bridgehead atoms. The van der Waals surface area contributed by atoms with Crippen molar-refractivity contribution in [3.63, 3.8) is 0 Å². The topological polar surface area (TPSA) is 94.1 Å². The average Bonchev–Trinajstić information content (AvgIpc) is 2.82. The highest BCUT2D eigenvalue weighted by Crippen LogP contribution is 2.43. The molecule has 0 saturated carbocycles. The number of phosphoric acid groups is 1. The summed E-state index contributed by atoms with van der Waals surface area (Å²) in [6.07, 6.45) is 17.8. The lowest BCUT2D eigenvalue weighted by Gasteiger charge is -2.24. The van der Waals surface area contributed by atoms with Gasteiger partial charge in [0, 0.05) is 19.6 Å². The first kappa shape index (κ1) is 36.5. The van der Waals surface area contributed by atoms with Crippen molar-refractivity contribution in [3.05, 3.63) is 0 Å². The third kappa shape index (κ3) is 26.9. The molecule has 0 aliphatic heterocycles. The molecule has 0 heterocycles. The van der Waals surface area contributed by atoms with E-state index in [1.807, 2.05) is 21.1 Å². The SMILES string of the molecule is CCCCCCCCCCCC(=O)NCC(COP(=O)(O)OCC[N+](C)(C)C)OCCCCCCCC. The van der Waals surface area contributed by atoms with Crippen molar-refractivity contribution < 1.29 is 32.5 Å². The highest BCUT2D eigenvalue weighted by atomic mass is 31.2. The predicted octanol–water partition coefficient (Wildman–Crippen LogP) is 6.61. The van der Waals surface area contributed by atoms with Crippen LogP contribution in [0.15, 0.2) is 0 Å². The largest absolute Gasteiger partial charge is 0.472 e. The van der Waals surface area contributed by atoms with Crippen LogP contribution in [0.1, 0.15) is 117 Å². The van der Waals surface area contributed by atoms with Crippen LogP contribution in [0.4, 0.5) is 0 Å². The van der Waals surface area contributed by atoms with Crippen molar-refractivity contribution >= 4 is 13.7 Å². The Morgan fingerprint density at radius 1 is 0.784 bits per heavy atom. The monoisotopic (exact) mass is 551 g/mol. The lowest BCUT2D eigenvalue weighted by atomic mass is 10.1. The van der Waals surface area contributed by atoms with E-state index in [0.717, 1.165) is 25.7 Å². The van der Waals surface area contributed by atoms with Crippen LogP contribution in [-0.4, -0.2) is 75.4 Å². The number of hydrogen-bond acceptors (Lipinski definition) is 5. The maximum Gasteiger partial charge on any atom is 0.472 e. The predicted molar refractivity (Wildman–Crippen MR) is 153 cm³/mol. The fraction of sp³-hybridized carbons (Fsp3) is 0.964. The summed E-state index contributed by atoms with van der Waals surface area (Å²) in [5, 5.41) is 2.92. The number of ether oxygens (including phenoxy) is 1. The fourth-order valence-electron chi connectivity index (χ4n) is 3.86. The first-order valence-corrected chi connectivity index (χ1v) is 16.4. The van der Waals surface area contributed by atoms with Crippen LogP contribution < -0.4 is 5.32 Å². The molecule has 0 aliphatic rings. The minimum Gasteiger partial charge on any atom is -0.374 e. The molecule has 2 atom stereocenters. The van der Waals surface area contributed by atoms with Crippen LogP contribution in [0.25, 0.3) is 0 Å². The third-order valence-electron chi connectivity index (χ3n) is 6.33. The van der Waals surface area contributed by atoms with Gasteiger partial charge in [0.1, 0.15) is 13.2 Å². The Balaban J connectivity index is 4.34. The van der Waals surface area contributed by atoms with Gasteiger partial charge in [0.05, 0.1) is 33.9 Å². The highest BCUT2D eigenvalue weighted by Gasteiger charge is 2.25. The van der Waals surface area contributed by atoms with Gasteiger partial charge in [-0.3, -0.25) is 13.8 Å². The molecule has 0 aromatic rings. The zero-order valence-corrected chi connectivity index (χ0v) is 25.7. The van der Waals surface area contributed by atoms with Crippen molar-refractivity contribution in [3.8, 4) is 0 Å². The molecule has 0 fully saturated rings. The highest BCUT2D eigenvalue weighted by molar-refractivity contribution is 7.47. The van der Waals surface area contributed by atoms with E-state index in [1.165, 1.54) is 70.6 Å². The van der Waals surface area contributed by atoms with E-state index < -0.39 is 13.9 Å². The normalized spacial score (nSPS) is 14.4. The van der Waals surface area contributed by atoms with Crippen LogP contribution >= 0.6 is 7.82 Å². The molecule has 0 aromatic carbocycles. The van der Waals surface area contributed by atoms with Gasteiger partial charge in [-0.05, 0) is 12.8 Å². The maximum atomic E-state index is 12.3. The van der Waals surface area contributed by atoms with Gasteiger partial charge < -0.3 is 19.4 Å². The number of carbonyl (C=O) groups is 1. The Labute approximate surface area is 228 Å². The molecule has 1 amide bonds. The molecule has 9 heteroatoms. The smallest absolute Gasteiger partial charge is 0.374 e. The molecule has 2 unspecified atom stereocenters. The second-order valence-electron chi connectivity index (χ2n) is 11.3. The van der Waals surface area contributed by atoms with Crippen molar-refractivity contribution in [1.29, 1.82) is 0 Å². The number of amides is 1. The first-order chi connectivity index (χ1) is 17.6. The van der Waals surface area contributed by atoms with Gasteiger partial charge in [0.15, 0.2) is 0 Å². The van der Waals surface area contributed by atoms with Crippen molar-refractivity contribution in [2.75, 3.05) is 54.1 Å². The fourth-order valence-corrected chi connectivity index (χ4v) is 4.60. The number of phosphoric ester groups is 1. The quantitative estimate of drug-likeness (QED) is 0.0678. The maximum absolute atomic E-state index is 12.3. The summed E-state index contributed by atoms with van der Waals surface area (Å²) < 4.78 is 29.1. The Morgan fingerprint density at radius 3 is 1.84 bits per heavy atom. The summed E-state index contributed by atoms with van der Waals surface area (Å²) in [5.41, 5.74) is 0. The van der Waals surface area contributed by atoms with E-state index in [-0.39, 0.29) is 25.7 Å². The molecular formula is C28H60N2O6P+. The zero-order chi connectivity index (χ0) is 27.8. The number of carbonyl (C=O) groups excluding carboxylic acids is 1. The van der Waals surface area contributed by atoms with Gasteiger partial charge in [-0.1, -0.05) is 97.3 Å². The molecule has 0 spiro atoms. The van der Waals surface area contributed by atoms with E-state index in [9.17, 15) is 14.3 Å². The summed E-state index contributed by atoms with van der Waals surface area (Å²) in [5.74, 6) is -0.0116. The number of hydrogen-bond donors (Lipinski definition) is 2. The van der Waals surface area contributed by atoms with E-state index in [2.05, 4.69) is 19.2 Å². The van der Waals surface area contributed by atoms with Crippen LogP contribution in [0.5, 0.6) is 0 Å². The van der Waals surface area contributed by atoms with Crippen LogP contribution in [0.2, 0.25) is 0 Å². The summed E-state index contributed by atoms with van der Waals surface area (Å²) in [6, 6.07) is 0. The van der Waals surface area contributed by atoms with E-state index in [1.54, 1.807) is 0 Å². The molecule has 0 rings (SSSR count). The summed E-state index contributed by atoms with van der Waals surface area (Å²) in [7, 11) is 1.77. The Hall–Kier alpha value is -0.500. The second-order valence-corrected chi connectivity index (χ2v) is 12.7. The van der Waals surface area contributed by atoms with Gasteiger partial charge in [0.2, 0.25) is 5.91 Å². The lowest BCUT2D eigenvalue weighted by molar-refractivity contribution is -0.870. The average molecular weight is 552 g/mol. The molecular weight excluding hydrogens is 491 g/mol. The van der Waals surface area contributed by atoms with E-state index >= 15 is 0 Å². The van der Waals surface area contributed by atoms with Gasteiger partial charge in [-0.2, -0.15) is 0 Å². The lowest BCUT2D eigenvalue weighted by Crippen LogP contribution is -2.37. The summed E-state index contributed by atoms with van der Waals surface area (Å²) in [6.45, 7) is 5.82. The standard InChI is InChI=1S/C28H59N2O6P/c1-6-8-10-12-14-15-16-17-19-21-28(31)29-25-27(34-23-20-18-13-11-9-7-2)26-36-37(32,33)35-24-22-30(3,4)5/h27H,6-26H2,1-5H3,(H-,29,31,32,33)/p+1. The van der Waals surface area contributed by atoms with Crippen LogP contribution in [0.3, 0.4) is 0 Å². The molecule has 222 valence electrons. The number of quaternary nitrogens is 1. The molecule has 0 radical (unpaired) electrons. The van der Waals surface area contributed by atoms with Crippen LogP contribution in [-0.2, 0) is 23.1 Å². The summed E-state index contributed by atoms with van der Waals surface area (Å²) >= 11 is 0. The minimum absolute atomic E-state index is 0.0116. The van der Waals surface area contributed by atoms with Crippen molar-refractivity contribution in [2.45, 2.75) is 123 Å². The van der Waals surface area contributed by atoms with Crippen molar-refractivity contribution in [1.82, 2.24) is 5.32 Å².